The Kier molecular flexibility index (Phi) is 3.68. The monoisotopic (exact) mass is 307 g/mol. The Morgan fingerprint density at radius 2 is 2.10 bits per heavy atom. The van der Waals surface area contributed by atoms with Crippen LogP contribution < -0.4 is 15.2 Å². The number of nitrogens with two attached hydrogens (primary N) is 1. The number of aromatic nitrogens is 2. The van der Waals surface area contributed by atoms with Crippen molar-refractivity contribution in [3.63, 3.8) is 0 Å². The van der Waals surface area contributed by atoms with Gasteiger partial charge in [0, 0.05) is 18.5 Å². The lowest BCUT2D eigenvalue weighted by Crippen LogP contribution is -2.02. The Balaban J connectivity index is 2.12. The maximum absolute atomic E-state index is 6.32. The molecular formula is C15H18ClN3O2. The molecule has 6 heteroatoms. The fourth-order valence-corrected chi connectivity index (χ4v) is 2.83. The highest BCUT2D eigenvalue weighted by molar-refractivity contribution is 6.32. The molecule has 1 aromatic heterocycles. The second-order valence-electron chi connectivity index (χ2n) is 4.97. The molecule has 112 valence electrons. The molecule has 0 saturated heterocycles. The van der Waals surface area contributed by atoms with Crippen molar-refractivity contribution in [1.29, 1.82) is 0 Å². The van der Waals surface area contributed by atoms with Crippen LogP contribution in [-0.2, 0) is 6.54 Å². The van der Waals surface area contributed by atoms with Gasteiger partial charge in [-0.2, -0.15) is 0 Å². The van der Waals surface area contributed by atoms with Gasteiger partial charge in [0.25, 0.3) is 0 Å². The molecule has 0 saturated carbocycles. The molecule has 2 heterocycles. The minimum atomic E-state index is 0.521. The van der Waals surface area contributed by atoms with Crippen LogP contribution in [0.25, 0.3) is 11.3 Å². The predicted octanol–water partition coefficient (Wildman–Crippen LogP) is 3.28. The summed E-state index contributed by atoms with van der Waals surface area (Å²) in [6.45, 7) is 5.98. The van der Waals surface area contributed by atoms with E-state index in [2.05, 4.69) is 4.98 Å². The normalized spacial score (nSPS) is 14.0. The summed E-state index contributed by atoms with van der Waals surface area (Å²) in [5.74, 6) is 2.77. The van der Waals surface area contributed by atoms with E-state index in [4.69, 9.17) is 26.8 Å². The van der Waals surface area contributed by atoms with Gasteiger partial charge in [-0.15, -0.1) is 0 Å². The highest BCUT2D eigenvalue weighted by Crippen LogP contribution is 2.41. The smallest absolute Gasteiger partial charge is 0.179 e. The maximum Gasteiger partial charge on any atom is 0.179 e. The zero-order valence-electron chi connectivity index (χ0n) is 12.1. The fourth-order valence-electron chi connectivity index (χ4n) is 2.56. The zero-order chi connectivity index (χ0) is 15.0. The maximum atomic E-state index is 6.32. The van der Waals surface area contributed by atoms with Crippen LogP contribution in [0, 0.1) is 6.92 Å². The second kappa shape index (κ2) is 5.48. The average Bonchev–Trinajstić information content (AvgIpc) is 2.65. The molecule has 2 aromatic rings. The first-order valence-corrected chi connectivity index (χ1v) is 7.41. The summed E-state index contributed by atoms with van der Waals surface area (Å²) < 4.78 is 13.3. The van der Waals surface area contributed by atoms with Gasteiger partial charge in [-0.1, -0.05) is 11.6 Å². The van der Waals surface area contributed by atoms with E-state index in [1.165, 1.54) is 0 Å². The first kappa shape index (κ1) is 14.1. The van der Waals surface area contributed by atoms with Crippen molar-refractivity contribution in [1.82, 2.24) is 9.55 Å². The van der Waals surface area contributed by atoms with Crippen molar-refractivity contribution in [3.8, 4) is 22.8 Å². The largest absolute Gasteiger partial charge is 0.489 e. The number of ether oxygens (including phenoxy) is 2. The molecule has 1 aliphatic heterocycles. The Morgan fingerprint density at radius 3 is 2.81 bits per heavy atom. The summed E-state index contributed by atoms with van der Waals surface area (Å²) in [5, 5.41) is 0.521. The summed E-state index contributed by atoms with van der Waals surface area (Å²) in [4.78, 5) is 4.55. The minimum Gasteiger partial charge on any atom is -0.489 e. The lowest BCUT2D eigenvalue weighted by atomic mass is 10.1. The molecule has 0 bridgehead atoms. The number of imidazole rings is 1. The Hall–Kier alpha value is -1.88. The molecule has 2 N–H and O–H groups in total. The van der Waals surface area contributed by atoms with Gasteiger partial charge >= 0.3 is 0 Å². The lowest BCUT2D eigenvalue weighted by molar-refractivity contribution is 0.297. The number of halogens is 1. The third kappa shape index (κ3) is 2.42. The number of anilines is 1. The van der Waals surface area contributed by atoms with Crippen molar-refractivity contribution >= 4 is 17.4 Å². The van der Waals surface area contributed by atoms with E-state index >= 15 is 0 Å². The van der Waals surface area contributed by atoms with Crippen molar-refractivity contribution in [2.24, 2.45) is 0 Å². The summed E-state index contributed by atoms with van der Waals surface area (Å²) in [6.07, 6.45) is 0.839. The molecule has 0 aliphatic carbocycles. The van der Waals surface area contributed by atoms with Crippen LogP contribution in [0.1, 0.15) is 19.2 Å². The molecule has 3 rings (SSSR count). The minimum absolute atomic E-state index is 0.521. The van der Waals surface area contributed by atoms with Crippen LogP contribution in [0.3, 0.4) is 0 Å². The number of nitrogens with zero attached hydrogens (tertiary/aromatic N) is 2. The summed E-state index contributed by atoms with van der Waals surface area (Å²) in [5.41, 5.74) is 7.76. The molecule has 0 atom stereocenters. The Bertz CT molecular complexity index is 682. The molecule has 0 amide bonds. The van der Waals surface area contributed by atoms with Crippen LogP contribution in [0.15, 0.2) is 12.1 Å². The van der Waals surface area contributed by atoms with E-state index in [-0.39, 0.29) is 0 Å². The number of rotatable bonds is 2. The molecule has 21 heavy (non-hydrogen) atoms. The fraction of sp³-hybridized carbons (Fsp3) is 0.400. The first-order chi connectivity index (χ1) is 10.1. The SMILES string of the molecule is CCn1c(C)nc(-c2cc(Cl)c3c(c2)OCCCO3)c1N. The third-order valence-electron chi connectivity index (χ3n) is 3.59. The number of benzene rings is 1. The van der Waals surface area contributed by atoms with Crippen molar-refractivity contribution in [3.05, 3.63) is 23.0 Å². The number of hydrogen-bond donors (Lipinski definition) is 1. The standard InChI is InChI=1S/C15H18ClN3O2/c1-3-19-9(2)18-13(15(19)17)10-7-11(16)14-12(8-10)20-5-4-6-21-14/h7-8H,3-6,17H2,1-2H3. The highest BCUT2D eigenvalue weighted by atomic mass is 35.5. The van der Waals surface area contributed by atoms with Crippen LogP contribution in [0.2, 0.25) is 5.02 Å². The summed E-state index contributed by atoms with van der Waals surface area (Å²) in [7, 11) is 0. The predicted molar refractivity (Wildman–Crippen MR) is 83.1 cm³/mol. The summed E-state index contributed by atoms with van der Waals surface area (Å²) in [6, 6.07) is 3.72. The van der Waals surface area contributed by atoms with Gasteiger partial charge < -0.3 is 19.8 Å². The van der Waals surface area contributed by atoms with Crippen LogP contribution >= 0.6 is 11.6 Å². The van der Waals surface area contributed by atoms with Gasteiger partial charge in [0.2, 0.25) is 0 Å². The molecule has 1 aliphatic rings. The van der Waals surface area contributed by atoms with Crippen molar-refractivity contribution < 1.29 is 9.47 Å². The van der Waals surface area contributed by atoms with E-state index in [1.54, 1.807) is 0 Å². The molecular weight excluding hydrogens is 290 g/mol. The Labute approximate surface area is 128 Å². The molecule has 0 fully saturated rings. The van der Waals surface area contributed by atoms with Gasteiger partial charge in [0.05, 0.1) is 18.2 Å². The molecule has 5 nitrogen and oxygen atoms in total. The Morgan fingerprint density at radius 1 is 1.33 bits per heavy atom. The van der Waals surface area contributed by atoms with E-state index in [0.717, 1.165) is 30.0 Å². The van der Waals surface area contributed by atoms with Crippen LogP contribution in [0.5, 0.6) is 11.5 Å². The lowest BCUT2D eigenvalue weighted by Gasteiger charge is -2.11. The van der Waals surface area contributed by atoms with E-state index in [9.17, 15) is 0 Å². The van der Waals surface area contributed by atoms with Gasteiger partial charge in [0.1, 0.15) is 17.3 Å². The van der Waals surface area contributed by atoms with Gasteiger partial charge in [-0.25, -0.2) is 4.98 Å². The highest BCUT2D eigenvalue weighted by Gasteiger charge is 2.19. The molecule has 0 spiro atoms. The molecule has 0 radical (unpaired) electrons. The van der Waals surface area contributed by atoms with Crippen LogP contribution in [0.4, 0.5) is 5.82 Å². The third-order valence-corrected chi connectivity index (χ3v) is 3.87. The van der Waals surface area contributed by atoms with Crippen molar-refractivity contribution in [2.75, 3.05) is 18.9 Å². The number of aryl methyl sites for hydroxylation is 1. The first-order valence-electron chi connectivity index (χ1n) is 7.04. The number of hydrogen-bond acceptors (Lipinski definition) is 4. The molecule has 0 unspecified atom stereocenters. The number of fused-ring (bicyclic) bond motifs is 1. The number of nitrogen functional groups attached to an aromatic ring is 1. The van der Waals surface area contributed by atoms with E-state index in [0.29, 0.717) is 35.6 Å². The molecule has 1 aromatic carbocycles. The van der Waals surface area contributed by atoms with Crippen molar-refractivity contribution in [2.45, 2.75) is 26.8 Å². The second-order valence-corrected chi connectivity index (χ2v) is 5.38. The zero-order valence-corrected chi connectivity index (χ0v) is 12.9. The van der Waals surface area contributed by atoms with Crippen LogP contribution in [-0.4, -0.2) is 22.8 Å². The van der Waals surface area contributed by atoms with Gasteiger partial charge in [-0.3, -0.25) is 0 Å². The van der Waals surface area contributed by atoms with E-state index < -0.39 is 0 Å². The topological polar surface area (TPSA) is 62.3 Å². The average molecular weight is 308 g/mol. The summed E-state index contributed by atoms with van der Waals surface area (Å²) >= 11 is 6.32. The van der Waals surface area contributed by atoms with Gasteiger partial charge in [0.15, 0.2) is 11.5 Å². The quantitative estimate of drug-likeness (QED) is 0.925. The van der Waals surface area contributed by atoms with E-state index in [1.807, 2.05) is 30.5 Å². The van der Waals surface area contributed by atoms with Gasteiger partial charge in [-0.05, 0) is 26.0 Å².